The number of esters is 4. The number of rotatable bonds is 13. The Morgan fingerprint density at radius 2 is 0.946 bits per heavy atom. The normalized spacial score (nSPS) is 10.4. The van der Waals surface area contributed by atoms with Crippen molar-refractivity contribution in [2.45, 2.75) is 12.0 Å². The highest BCUT2D eigenvalue weighted by atomic mass is 16.6. The minimum absolute atomic E-state index is 0.0611. The third-order valence-electron chi connectivity index (χ3n) is 4.60. The second-order valence-electron chi connectivity index (χ2n) is 7.15. The first-order chi connectivity index (χ1) is 17.8. The molecule has 0 N–H and O–H groups in total. The summed E-state index contributed by atoms with van der Waals surface area (Å²) in [6.07, 6.45) is 3.65. The molecular weight excluding hydrogens is 476 g/mol. The van der Waals surface area contributed by atoms with Crippen LogP contribution in [0.3, 0.4) is 0 Å². The standard InChI is InChI=1S/C15H16O4.C14H14O4/c1-3-14(16)18-10-13(11-19-15(17)4-2)12-8-6-5-7-9-12;1-3-13(15)17-10-12(18-14(16)4-2)11-8-6-5-7-9-11/h3-9,13H,1-2,10-11H2;3-9,12H,1-2,10H2. The van der Waals surface area contributed by atoms with Crippen molar-refractivity contribution in [3.8, 4) is 0 Å². The zero-order valence-corrected chi connectivity index (χ0v) is 20.5. The third kappa shape index (κ3) is 12.5. The molecule has 2 aromatic carbocycles. The van der Waals surface area contributed by atoms with Gasteiger partial charge >= 0.3 is 23.9 Å². The Morgan fingerprint density at radius 1 is 0.568 bits per heavy atom. The van der Waals surface area contributed by atoms with Crippen LogP contribution in [0.1, 0.15) is 23.1 Å². The van der Waals surface area contributed by atoms with E-state index in [0.717, 1.165) is 35.4 Å². The first kappa shape index (κ1) is 30.3. The molecule has 194 valence electrons. The zero-order valence-electron chi connectivity index (χ0n) is 20.5. The van der Waals surface area contributed by atoms with Gasteiger partial charge in [-0.3, -0.25) is 0 Å². The van der Waals surface area contributed by atoms with Crippen molar-refractivity contribution < 1.29 is 38.1 Å². The van der Waals surface area contributed by atoms with Crippen LogP contribution in [0.25, 0.3) is 0 Å². The number of carbonyl (C=O) groups excluding carboxylic acids is 4. The van der Waals surface area contributed by atoms with Crippen molar-refractivity contribution in [3.63, 3.8) is 0 Å². The van der Waals surface area contributed by atoms with Crippen LogP contribution in [0.4, 0.5) is 0 Å². The van der Waals surface area contributed by atoms with E-state index in [9.17, 15) is 19.2 Å². The molecule has 2 aromatic rings. The predicted molar refractivity (Wildman–Crippen MR) is 138 cm³/mol. The minimum Gasteiger partial charge on any atom is -0.462 e. The van der Waals surface area contributed by atoms with Gasteiger partial charge in [-0.05, 0) is 11.1 Å². The van der Waals surface area contributed by atoms with Crippen molar-refractivity contribution in [2.75, 3.05) is 19.8 Å². The topological polar surface area (TPSA) is 105 Å². The van der Waals surface area contributed by atoms with Crippen molar-refractivity contribution >= 4 is 23.9 Å². The molecular formula is C29H30O8. The van der Waals surface area contributed by atoms with E-state index in [0.29, 0.717) is 0 Å². The van der Waals surface area contributed by atoms with E-state index in [1.165, 1.54) is 0 Å². The Balaban J connectivity index is 0.000000371. The molecule has 37 heavy (non-hydrogen) atoms. The second kappa shape index (κ2) is 17.7. The summed E-state index contributed by atoms with van der Waals surface area (Å²) in [5.74, 6) is -2.36. The van der Waals surface area contributed by atoms with E-state index < -0.39 is 30.0 Å². The number of hydrogen-bond donors (Lipinski definition) is 0. The molecule has 0 aliphatic heterocycles. The summed E-state index contributed by atoms with van der Waals surface area (Å²) in [4.78, 5) is 44.4. The lowest BCUT2D eigenvalue weighted by Gasteiger charge is -2.16. The Morgan fingerprint density at radius 3 is 1.35 bits per heavy atom. The van der Waals surface area contributed by atoms with Crippen LogP contribution in [0.5, 0.6) is 0 Å². The van der Waals surface area contributed by atoms with Gasteiger partial charge in [-0.2, -0.15) is 0 Å². The summed E-state index contributed by atoms with van der Waals surface area (Å²) < 4.78 is 20.0. The van der Waals surface area contributed by atoms with Gasteiger partial charge in [-0.25, -0.2) is 19.2 Å². The Labute approximate surface area is 216 Å². The molecule has 1 atom stereocenters. The molecule has 0 radical (unpaired) electrons. The van der Waals surface area contributed by atoms with Crippen LogP contribution in [0, 0.1) is 0 Å². The third-order valence-corrected chi connectivity index (χ3v) is 4.60. The van der Waals surface area contributed by atoms with E-state index in [1.807, 2.05) is 36.4 Å². The van der Waals surface area contributed by atoms with Gasteiger partial charge in [0.05, 0.1) is 5.92 Å². The summed E-state index contributed by atoms with van der Waals surface area (Å²) >= 11 is 0. The quantitative estimate of drug-likeness (QED) is 0.223. The van der Waals surface area contributed by atoms with Gasteiger partial charge in [0.15, 0.2) is 6.10 Å². The van der Waals surface area contributed by atoms with Crippen LogP contribution in [-0.2, 0) is 38.1 Å². The van der Waals surface area contributed by atoms with Crippen molar-refractivity contribution in [2.24, 2.45) is 0 Å². The summed E-state index contributed by atoms with van der Waals surface area (Å²) in [6.45, 7) is 13.4. The lowest BCUT2D eigenvalue weighted by molar-refractivity contribution is -0.153. The van der Waals surface area contributed by atoms with Crippen LogP contribution in [0.15, 0.2) is 111 Å². The van der Waals surface area contributed by atoms with Crippen molar-refractivity contribution in [1.82, 2.24) is 0 Å². The maximum atomic E-state index is 11.2. The lowest BCUT2D eigenvalue weighted by atomic mass is 10.0. The first-order valence-electron chi connectivity index (χ1n) is 11.1. The Bertz CT molecular complexity index is 1040. The number of benzene rings is 2. The van der Waals surface area contributed by atoms with Crippen LogP contribution < -0.4 is 0 Å². The molecule has 0 aliphatic rings. The molecule has 0 heterocycles. The SMILES string of the molecule is C=CC(=O)OCC(COC(=O)C=C)c1ccccc1.C=CC(=O)OCC(OC(=O)C=C)c1ccccc1. The minimum atomic E-state index is -0.652. The number of ether oxygens (including phenoxy) is 4. The van der Waals surface area contributed by atoms with E-state index in [4.69, 9.17) is 18.9 Å². The van der Waals surface area contributed by atoms with Gasteiger partial charge in [0.25, 0.3) is 0 Å². The number of carbonyl (C=O) groups is 4. The molecule has 2 rings (SSSR count). The molecule has 0 aliphatic carbocycles. The summed E-state index contributed by atoms with van der Waals surface area (Å²) in [6, 6.07) is 18.4. The monoisotopic (exact) mass is 506 g/mol. The zero-order chi connectivity index (χ0) is 27.5. The van der Waals surface area contributed by atoms with Gasteiger partial charge in [0, 0.05) is 24.3 Å². The fourth-order valence-electron chi connectivity index (χ4n) is 2.72. The van der Waals surface area contributed by atoms with Crippen molar-refractivity contribution in [3.05, 3.63) is 122 Å². The Kier molecular flexibility index (Phi) is 14.5. The van der Waals surface area contributed by atoms with Gasteiger partial charge in [-0.15, -0.1) is 0 Å². The summed E-state index contributed by atoms with van der Waals surface area (Å²) in [7, 11) is 0. The molecule has 1 unspecified atom stereocenters. The summed E-state index contributed by atoms with van der Waals surface area (Å²) in [5, 5.41) is 0. The van der Waals surface area contributed by atoms with Gasteiger partial charge in [-0.1, -0.05) is 87.0 Å². The van der Waals surface area contributed by atoms with Gasteiger partial charge in [0.2, 0.25) is 0 Å². The highest BCUT2D eigenvalue weighted by molar-refractivity contribution is 5.82. The molecule has 8 nitrogen and oxygen atoms in total. The van der Waals surface area contributed by atoms with E-state index in [2.05, 4.69) is 26.3 Å². The molecule has 0 aromatic heterocycles. The molecule has 0 amide bonds. The first-order valence-corrected chi connectivity index (χ1v) is 11.1. The highest BCUT2D eigenvalue weighted by Crippen LogP contribution is 2.18. The molecule has 0 bridgehead atoms. The predicted octanol–water partition coefficient (Wildman–Crippen LogP) is 4.41. The fraction of sp³-hybridized carbons (Fsp3) is 0.172. The maximum Gasteiger partial charge on any atom is 0.330 e. The average Bonchev–Trinajstić information content (AvgIpc) is 2.95. The van der Waals surface area contributed by atoms with E-state index >= 15 is 0 Å². The molecule has 0 spiro atoms. The average molecular weight is 507 g/mol. The summed E-state index contributed by atoms with van der Waals surface area (Å²) in [5.41, 5.74) is 1.67. The van der Waals surface area contributed by atoms with Crippen LogP contribution >= 0.6 is 0 Å². The molecule has 0 fully saturated rings. The molecule has 0 saturated carbocycles. The second-order valence-corrected chi connectivity index (χ2v) is 7.15. The van der Waals surface area contributed by atoms with Gasteiger partial charge < -0.3 is 18.9 Å². The van der Waals surface area contributed by atoms with E-state index in [-0.39, 0.29) is 25.7 Å². The van der Waals surface area contributed by atoms with Crippen LogP contribution in [-0.4, -0.2) is 43.7 Å². The lowest BCUT2D eigenvalue weighted by Crippen LogP contribution is -2.18. The van der Waals surface area contributed by atoms with Crippen molar-refractivity contribution in [1.29, 1.82) is 0 Å². The molecule has 8 heteroatoms. The number of hydrogen-bond acceptors (Lipinski definition) is 8. The fourth-order valence-corrected chi connectivity index (χ4v) is 2.72. The smallest absolute Gasteiger partial charge is 0.330 e. The Hall–Kier alpha value is -4.72. The van der Waals surface area contributed by atoms with E-state index in [1.54, 1.807) is 24.3 Å². The largest absolute Gasteiger partial charge is 0.462 e. The van der Waals surface area contributed by atoms with Gasteiger partial charge in [0.1, 0.15) is 19.8 Å². The maximum absolute atomic E-state index is 11.2. The molecule has 0 saturated heterocycles. The highest BCUT2D eigenvalue weighted by Gasteiger charge is 2.17. The van der Waals surface area contributed by atoms with Crippen LogP contribution in [0.2, 0.25) is 0 Å².